The van der Waals surface area contributed by atoms with E-state index >= 15 is 0 Å². The Morgan fingerprint density at radius 2 is 0.861 bits per heavy atom. The lowest BCUT2D eigenvalue weighted by Crippen LogP contribution is -3.31. The molecule has 2 aromatic carbocycles. The van der Waals surface area contributed by atoms with Gasteiger partial charge in [0.1, 0.15) is 26.2 Å². The topological polar surface area (TPSA) is 83.6 Å². The number of rotatable bonds is 4. The van der Waals surface area contributed by atoms with Gasteiger partial charge in [0.25, 0.3) is 11.8 Å². The first-order valence-corrected chi connectivity index (χ1v) is 13.0. The zero-order chi connectivity index (χ0) is 25.7. The summed E-state index contributed by atoms with van der Waals surface area (Å²) < 4.78 is 0. The molecule has 36 heavy (non-hydrogen) atoms. The molecule has 8 nitrogen and oxygen atoms in total. The minimum atomic E-state index is -0.511. The van der Waals surface area contributed by atoms with E-state index in [2.05, 4.69) is 0 Å². The molecule has 5 rings (SSSR count). The molecule has 2 atom stereocenters. The number of carbonyl (C=O) groups excluding carboxylic acids is 4. The van der Waals surface area contributed by atoms with Crippen LogP contribution < -0.4 is 19.6 Å². The average molecular weight is 572 g/mol. The molecule has 3 aliphatic heterocycles. The standard InChI is InChI=1S/C24H20Cl4N4O4/c25-13-5-14(26)8-17(7-13)31-21(33)11-19(23(31)35)29-1-2-30(4-3-29)20-12-22(34)32(24(20)36)18-9-15(27)6-16(28)10-18/h5-10,19-20H,1-4,11-12H2/p+2. The van der Waals surface area contributed by atoms with Gasteiger partial charge in [-0.25, -0.2) is 9.80 Å². The van der Waals surface area contributed by atoms with Gasteiger partial charge in [-0.15, -0.1) is 0 Å². The second kappa shape index (κ2) is 9.93. The molecule has 0 aliphatic carbocycles. The number of hydrogen-bond acceptors (Lipinski definition) is 4. The van der Waals surface area contributed by atoms with E-state index in [1.54, 1.807) is 36.4 Å². The highest BCUT2D eigenvalue weighted by molar-refractivity contribution is 6.36. The number of nitrogens with zero attached hydrogens (tertiary/aromatic N) is 2. The van der Waals surface area contributed by atoms with Crippen molar-refractivity contribution in [2.75, 3.05) is 36.0 Å². The van der Waals surface area contributed by atoms with Crippen LogP contribution in [0.4, 0.5) is 11.4 Å². The van der Waals surface area contributed by atoms with Crippen LogP contribution in [-0.4, -0.2) is 61.9 Å². The third kappa shape index (κ3) is 4.74. The summed E-state index contributed by atoms with van der Waals surface area (Å²) >= 11 is 24.3. The Morgan fingerprint density at radius 3 is 1.17 bits per heavy atom. The molecular weight excluding hydrogens is 550 g/mol. The zero-order valence-electron chi connectivity index (χ0n) is 18.9. The Hall–Kier alpha value is -2.20. The number of hydrogen-bond donors (Lipinski definition) is 2. The smallest absolute Gasteiger partial charge is 0.292 e. The zero-order valence-corrected chi connectivity index (χ0v) is 21.9. The Balaban J connectivity index is 1.25. The molecule has 2 unspecified atom stereocenters. The van der Waals surface area contributed by atoms with Gasteiger partial charge in [0, 0.05) is 20.1 Å². The van der Waals surface area contributed by atoms with Crippen LogP contribution in [0.15, 0.2) is 36.4 Å². The fourth-order valence-corrected chi connectivity index (χ4v) is 6.40. The maximum Gasteiger partial charge on any atom is 0.292 e. The second-order valence-electron chi connectivity index (χ2n) is 9.22. The minimum absolute atomic E-state index is 0.0950. The highest BCUT2D eigenvalue weighted by atomic mass is 35.5. The molecule has 0 aromatic heterocycles. The average Bonchev–Trinajstić information content (AvgIpc) is 3.26. The summed E-state index contributed by atoms with van der Waals surface area (Å²) in [4.78, 5) is 56.1. The largest absolute Gasteiger partial charge is 0.315 e. The number of carbonyl (C=O) groups is 4. The molecule has 2 aromatic rings. The Labute approximate surface area is 227 Å². The Bertz CT molecular complexity index is 1140. The van der Waals surface area contributed by atoms with Crippen LogP contribution in [0, 0.1) is 0 Å². The third-order valence-corrected chi connectivity index (χ3v) is 7.90. The maximum atomic E-state index is 13.2. The number of piperazine rings is 1. The van der Waals surface area contributed by atoms with Crippen LogP contribution in [0.3, 0.4) is 0 Å². The first-order valence-electron chi connectivity index (χ1n) is 11.5. The number of quaternary nitrogens is 2. The molecule has 188 valence electrons. The van der Waals surface area contributed by atoms with Crippen LogP contribution >= 0.6 is 46.4 Å². The number of amides is 4. The summed E-state index contributed by atoms with van der Waals surface area (Å²) in [5.74, 6) is -1.16. The normalized spacial score (nSPS) is 26.9. The van der Waals surface area contributed by atoms with Crippen molar-refractivity contribution in [3.63, 3.8) is 0 Å². The van der Waals surface area contributed by atoms with E-state index in [-0.39, 0.29) is 36.5 Å². The molecule has 12 heteroatoms. The molecule has 0 radical (unpaired) electrons. The van der Waals surface area contributed by atoms with E-state index in [0.717, 1.165) is 19.6 Å². The number of anilines is 2. The monoisotopic (exact) mass is 570 g/mol. The molecule has 3 aliphatic rings. The van der Waals surface area contributed by atoms with E-state index < -0.39 is 12.1 Å². The molecule has 4 amide bonds. The number of imide groups is 2. The van der Waals surface area contributed by atoms with Gasteiger partial charge in [-0.1, -0.05) is 46.4 Å². The summed E-state index contributed by atoms with van der Waals surface area (Å²) in [6.45, 7) is 2.35. The van der Waals surface area contributed by atoms with Crippen molar-refractivity contribution in [3.8, 4) is 0 Å². The van der Waals surface area contributed by atoms with Crippen LogP contribution in [0.5, 0.6) is 0 Å². The number of halogens is 4. The van der Waals surface area contributed by atoms with Crippen molar-refractivity contribution < 1.29 is 29.0 Å². The number of benzene rings is 2. The summed E-state index contributed by atoms with van der Waals surface area (Å²) in [7, 11) is 0. The van der Waals surface area contributed by atoms with Crippen LogP contribution in [0.25, 0.3) is 0 Å². The Kier molecular flexibility index (Phi) is 7.02. The predicted molar refractivity (Wildman–Crippen MR) is 136 cm³/mol. The summed E-state index contributed by atoms with van der Waals surface area (Å²) in [6.07, 6.45) is 0.190. The van der Waals surface area contributed by atoms with E-state index in [9.17, 15) is 19.2 Å². The van der Waals surface area contributed by atoms with Gasteiger partial charge in [-0.2, -0.15) is 0 Å². The first kappa shape index (κ1) is 25.4. The van der Waals surface area contributed by atoms with Crippen LogP contribution in [0.2, 0.25) is 20.1 Å². The van der Waals surface area contributed by atoms with Gasteiger partial charge in [0.05, 0.1) is 24.2 Å². The molecule has 3 saturated heterocycles. The lowest BCUT2D eigenvalue weighted by Gasteiger charge is -2.34. The van der Waals surface area contributed by atoms with E-state index in [4.69, 9.17) is 46.4 Å². The van der Waals surface area contributed by atoms with E-state index in [0.29, 0.717) is 57.6 Å². The van der Waals surface area contributed by atoms with Crippen molar-refractivity contribution >= 4 is 81.4 Å². The van der Waals surface area contributed by atoms with Gasteiger partial charge >= 0.3 is 0 Å². The number of nitrogens with one attached hydrogen (secondary N) is 2. The van der Waals surface area contributed by atoms with Crippen molar-refractivity contribution in [2.45, 2.75) is 24.9 Å². The highest BCUT2D eigenvalue weighted by Crippen LogP contribution is 2.30. The van der Waals surface area contributed by atoms with Crippen molar-refractivity contribution in [1.29, 1.82) is 0 Å². The van der Waals surface area contributed by atoms with Crippen LogP contribution in [-0.2, 0) is 19.2 Å². The fourth-order valence-electron chi connectivity index (χ4n) is 5.37. The minimum Gasteiger partial charge on any atom is -0.315 e. The summed E-state index contributed by atoms with van der Waals surface area (Å²) in [5, 5.41) is 1.37. The van der Waals surface area contributed by atoms with Crippen molar-refractivity contribution in [2.24, 2.45) is 0 Å². The van der Waals surface area contributed by atoms with Gasteiger partial charge in [-0.05, 0) is 36.4 Å². The predicted octanol–water partition coefficient (Wildman–Crippen LogP) is 1.05. The highest BCUT2D eigenvalue weighted by Gasteiger charge is 2.50. The van der Waals surface area contributed by atoms with Gasteiger partial charge in [0.15, 0.2) is 12.1 Å². The van der Waals surface area contributed by atoms with Gasteiger partial charge in [0.2, 0.25) is 11.8 Å². The molecular formula is C24H22Cl4N4O4+2. The molecule has 2 N–H and O–H groups in total. The third-order valence-electron chi connectivity index (χ3n) is 7.02. The molecule has 0 spiro atoms. The lowest BCUT2D eigenvalue weighted by molar-refractivity contribution is -1.02. The van der Waals surface area contributed by atoms with E-state index in [1.807, 2.05) is 0 Å². The summed E-state index contributed by atoms with van der Waals surface area (Å²) in [6, 6.07) is 8.24. The van der Waals surface area contributed by atoms with Gasteiger partial charge < -0.3 is 9.80 Å². The quantitative estimate of drug-likeness (QED) is 0.537. The SMILES string of the molecule is O=C1CC([NH+]2CC[NH+](C3CC(=O)N(c4cc(Cl)cc(Cl)c4)C3=O)CC2)C(=O)N1c1cc(Cl)cc(Cl)c1. The molecule has 3 heterocycles. The maximum absolute atomic E-state index is 13.2. The summed E-state index contributed by atoms with van der Waals surface area (Å²) in [5.41, 5.74) is 0.731. The fraction of sp³-hybridized carbons (Fsp3) is 0.333. The van der Waals surface area contributed by atoms with Crippen molar-refractivity contribution in [1.82, 2.24) is 0 Å². The van der Waals surface area contributed by atoms with E-state index in [1.165, 1.54) is 0 Å². The lowest BCUT2D eigenvalue weighted by atomic mass is 10.1. The Morgan fingerprint density at radius 1 is 0.556 bits per heavy atom. The molecule has 3 fully saturated rings. The molecule has 0 bridgehead atoms. The molecule has 0 saturated carbocycles. The first-order chi connectivity index (χ1) is 17.1. The second-order valence-corrected chi connectivity index (χ2v) is 11.0. The van der Waals surface area contributed by atoms with Gasteiger partial charge in [-0.3, -0.25) is 19.2 Å². The van der Waals surface area contributed by atoms with Crippen molar-refractivity contribution in [3.05, 3.63) is 56.5 Å². The van der Waals surface area contributed by atoms with Crippen LogP contribution in [0.1, 0.15) is 12.8 Å².